The molecule has 0 heterocycles. The molecule has 2 amide bonds. The Morgan fingerprint density at radius 3 is 2.03 bits per heavy atom. The quantitative estimate of drug-likeness (QED) is 0.423. The van der Waals surface area contributed by atoms with Crippen molar-refractivity contribution in [3.8, 4) is 5.75 Å². The number of hydrogen-bond acceptors (Lipinski definition) is 3. The van der Waals surface area contributed by atoms with Gasteiger partial charge in [0.05, 0.1) is 0 Å². The second-order valence-electron chi connectivity index (χ2n) is 9.45. The van der Waals surface area contributed by atoms with Crippen LogP contribution in [-0.4, -0.2) is 35.9 Å². The molecule has 3 aromatic rings. The number of carbonyl (C=O) groups excluding carboxylic acids is 2. The first-order valence-corrected chi connectivity index (χ1v) is 12.2. The van der Waals surface area contributed by atoms with Crippen LogP contribution >= 0.6 is 0 Å². The summed E-state index contributed by atoms with van der Waals surface area (Å²) in [6, 6.07) is 24.8. The van der Waals surface area contributed by atoms with Gasteiger partial charge in [-0.05, 0) is 43.0 Å². The molecule has 0 radical (unpaired) electrons. The number of ether oxygens (including phenoxy) is 1. The first kappa shape index (κ1) is 26.0. The van der Waals surface area contributed by atoms with Gasteiger partial charge in [0, 0.05) is 19.5 Å². The van der Waals surface area contributed by atoms with Crippen LogP contribution in [0.4, 0.5) is 0 Å². The van der Waals surface area contributed by atoms with E-state index < -0.39 is 6.04 Å². The Labute approximate surface area is 209 Å². The summed E-state index contributed by atoms with van der Waals surface area (Å²) in [6.07, 6.45) is 0.424. The molecule has 3 rings (SSSR count). The lowest BCUT2D eigenvalue weighted by Gasteiger charge is -2.31. The Balaban J connectivity index is 1.88. The number of nitrogens with zero attached hydrogens (tertiary/aromatic N) is 1. The Morgan fingerprint density at radius 1 is 0.829 bits per heavy atom. The lowest BCUT2D eigenvalue weighted by Crippen LogP contribution is -2.52. The van der Waals surface area contributed by atoms with Crippen molar-refractivity contribution in [3.63, 3.8) is 0 Å². The van der Waals surface area contributed by atoms with E-state index in [0.29, 0.717) is 31.2 Å². The van der Waals surface area contributed by atoms with Gasteiger partial charge in [0.15, 0.2) is 6.61 Å². The summed E-state index contributed by atoms with van der Waals surface area (Å²) in [7, 11) is 0. The zero-order valence-electron chi connectivity index (χ0n) is 21.2. The van der Waals surface area contributed by atoms with Gasteiger partial charge >= 0.3 is 0 Å². The molecular weight excluding hydrogens is 436 g/mol. The summed E-state index contributed by atoms with van der Waals surface area (Å²) in [5.41, 5.74) is 4.23. The van der Waals surface area contributed by atoms with Gasteiger partial charge < -0.3 is 15.0 Å². The van der Waals surface area contributed by atoms with Gasteiger partial charge in [-0.25, -0.2) is 0 Å². The van der Waals surface area contributed by atoms with Crippen molar-refractivity contribution in [3.05, 3.63) is 101 Å². The highest BCUT2D eigenvalue weighted by molar-refractivity contribution is 5.88. The molecule has 0 saturated heterocycles. The standard InChI is InChI=1S/C30H36N2O3/c1-22(2)19-31-30(34)28(18-25-8-6-5-7-9-25)32(20-26-14-10-23(3)11-15-26)29(33)21-35-27-16-12-24(4)13-17-27/h5-17,22,28H,18-21H2,1-4H3,(H,31,34). The van der Waals surface area contributed by atoms with Crippen LogP contribution in [0, 0.1) is 19.8 Å². The molecule has 0 aromatic heterocycles. The molecule has 5 nitrogen and oxygen atoms in total. The van der Waals surface area contributed by atoms with Gasteiger partial charge in [0.25, 0.3) is 5.91 Å². The molecule has 0 bridgehead atoms. The first-order chi connectivity index (χ1) is 16.8. The predicted octanol–water partition coefficient (Wildman–Crippen LogP) is 5.09. The van der Waals surface area contributed by atoms with Crippen molar-refractivity contribution in [2.45, 2.75) is 46.7 Å². The number of carbonyl (C=O) groups is 2. The van der Waals surface area contributed by atoms with Gasteiger partial charge in [-0.3, -0.25) is 9.59 Å². The molecule has 35 heavy (non-hydrogen) atoms. The molecule has 0 fully saturated rings. The van der Waals surface area contributed by atoms with E-state index in [1.54, 1.807) is 4.90 Å². The third-order valence-electron chi connectivity index (χ3n) is 5.81. The Hall–Kier alpha value is -3.60. The summed E-state index contributed by atoms with van der Waals surface area (Å²) in [5.74, 6) is 0.552. The monoisotopic (exact) mass is 472 g/mol. The highest BCUT2D eigenvalue weighted by atomic mass is 16.5. The number of hydrogen-bond donors (Lipinski definition) is 1. The highest BCUT2D eigenvalue weighted by Gasteiger charge is 2.30. The third kappa shape index (κ3) is 8.29. The second kappa shape index (κ2) is 12.7. The van der Waals surface area contributed by atoms with E-state index in [1.807, 2.05) is 92.7 Å². The Morgan fingerprint density at radius 2 is 1.43 bits per heavy atom. The van der Waals surface area contributed by atoms with E-state index in [-0.39, 0.29) is 18.4 Å². The number of amides is 2. The second-order valence-corrected chi connectivity index (χ2v) is 9.45. The van der Waals surface area contributed by atoms with Crippen LogP contribution in [0.25, 0.3) is 0 Å². The predicted molar refractivity (Wildman–Crippen MR) is 140 cm³/mol. The molecule has 1 unspecified atom stereocenters. The summed E-state index contributed by atoms with van der Waals surface area (Å²) in [6.45, 7) is 8.87. The minimum Gasteiger partial charge on any atom is -0.484 e. The maximum absolute atomic E-state index is 13.5. The highest BCUT2D eigenvalue weighted by Crippen LogP contribution is 2.17. The van der Waals surface area contributed by atoms with E-state index in [0.717, 1.165) is 22.3 Å². The van der Waals surface area contributed by atoms with Crippen molar-refractivity contribution in [1.29, 1.82) is 0 Å². The van der Waals surface area contributed by atoms with Gasteiger partial charge in [0.1, 0.15) is 11.8 Å². The number of benzene rings is 3. The van der Waals surface area contributed by atoms with E-state index in [1.165, 1.54) is 0 Å². The van der Waals surface area contributed by atoms with Crippen LogP contribution in [0.2, 0.25) is 0 Å². The molecule has 0 saturated carbocycles. The molecule has 1 N–H and O–H groups in total. The van der Waals surface area contributed by atoms with Crippen LogP contribution in [0.1, 0.15) is 36.1 Å². The number of rotatable bonds is 11. The summed E-state index contributed by atoms with van der Waals surface area (Å²) in [5, 5.41) is 3.04. The molecule has 5 heteroatoms. The van der Waals surface area contributed by atoms with Crippen molar-refractivity contribution >= 4 is 11.8 Å². The summed E-state index contributed by atoms with van der Waals surface area (Å²) in [4.78, 5) is 28.6. The first-order valence-electron chi connectivity index (χ1n) is 12.2. The van der Waals surface area contributed by atoms with Crippen LogP contribution in [0.5, 0.6) is 5.75 Å². The summed E-state index contributed by atoms with van der Waals surface area (Å²) >= 11 is 0. The van der Waals surface area contributed by atoms with Crippen molar-refractivity contribution in [2.75, 3.05) is 13.2 Å². The van der Waals surface area contributed by atoms with Gasteiger partial charge in [-0.1, -0.05) is 91.7 Å². The largest absolute Gasteiger partial charge is 0.484 e. The molecular formula is C30H36N2O3. The zero-order chi connectivity index (χ0) is 25.2. The molecule has 3 aromatic carbocycles. The van der Waals surface area contributed by atoms with Gasteiger partial charge in [-0.15, -0.1) is 0 Å². The fourth-order valence-corrected chi connectivity index (χ4v) is 3.73. The summed E-state index contributed by atoms with van der Waals surface area (Å²) < 4.78 is 5.82. The maximum atomic E-state index is 13.5. The fourth-order valence-electron chi connectivity index (χ4n) is 3.73. The van der Waals surface area contributed by atoms with Crippen molar-refractivity contribution in [1.82, 2.24) is 10.2 Å². The lowest BCUT2D eigenvalue weighted by molar-refractivity contribution is -0.142. The van der Waals surface area contributed by atoms with Crippen LogP contribution < -0.4 is 10.1 Å². The zero-order valence-corrected chi connectivity index (χ0v) is 21.2. The van der Waals surface area contributed by atoms with Gasteiger partial charge in [-0.2, -0.15) is 0 Å². The Kier molecular flexibility index (Phi) is 9.47. The molecule has 1 atom stereocenters. The van der Waals surface area contributed by atoms with Crippen LogP contribution in [-0.2, 0) is 22.6 Å². The van der Waals surface area contributed by atoms with Gasteiger partial charge in [0.2, 0.25) is 5.91 Å². The van der Waals surface area contributed by atoms with Crippen LogP contribution in [0.3, 0.4) is 0 Å². The minimum atomic E-state index is -0.661. The van der Waals surface area contributed by atoms with Crippen molar-refractivity contribution < 1.29 is 14.3 Å². The molecule has 0 aliphatic heterocycles. The molecule has 0 aliphatic rings. The van der Waals surface area contributed by atoms with E-state index in [4.69, 9.17) is 4.74 Å². The SMILES string of the molecule is Cc1ccc(CN(C(=O)COc2ccc(C)cc2)C(Cc2ccccc2)C(=O)NCC(C)C)cc1. The fraction of sp³-hybridized carbons (Fsp3) is 0.333. The van der Waals surface area contributed by atoms with Crippen molar-refractivity contribution in [2.24, 2.45) is 5.92 Å². The topological polar surface area (TPSA) is 58.6 Å². The Bertz CT molecular complexity index is 1080. The lowest BCUT2D eigenvalue weighted by atomic mass is 10.0. The molecule has 184 valence electrons. The van der Waals surface area contributed by atoms with Crippen LogP contribution in [0.15, 0.2) is 78.9 Å². The maximum Gasteiger partial charge on any atom is 0.261 e. The number of nitrogens with one attached hydrogen (secondary N) is 1. The van der Waals surface area contributed by atoms with E-state index in [2.05, 4.69) is 19.2 Å². The third-order valence-corrected chi connectivity index (χ3v) is 5.81. The minimum absolute atomic E-state index is 0.141. The van der Waals surface area contributed by atoms with E-state index in [9.17, 15) is 9.59 Å². The average Bonchev–Trinajstić information content (AvgIpc) is 2.86. The number of aryl methyl sites for hydroxylation is 2. The molecule has 0 aliphatic carbocycles. The van der Waals surface area contributed by atoms with E-state index >= 15 is 0 Å². The molecule has 0 spiro atoms. The smallest absolute Gasteiger partial charge is 0.261 e. The average molecular weight is 473 g/mol. The normalized spacial score (nSPS) is 11.7.